The Morgan fingerprint density at radius 2 is 2.17 bits per heavy atom. The van der Waals surface area contributed by atoms with Gasteiger partial charge in [0.1, 0.15) is 0 Å². The molecule has 0 aliphatic heterocycles. The standard InChI is InChI=1S/C11H12ClNO4S/c1-3-7(2)13-18(16,17)8-4-5-9(11(14)15)10(12)6-8/h3-7,13H,1H2,2H3,(H,14,15). The molecule has 0 aromatic heterocycles. The molecule has 0 fully saturated rings. The largest absolute Gasteiger partial charge is 0.478 e. The number of benzene rings is 1. The molecule has 0 bridgehead atoms. The molecule has 0 spiro atoms. The van der Waals surface area contributed by atoms with E-state index in [0.29, 0.717) is 0 Å². The fourth-order valence-corrected chi connectivity index (χ4v) is 2.77. The minimum absolute atomic E-state index is 0.0915. The molecule has 1 atom stereocenters. The Bertz CT molecular complexity index is 583. The Kier molecular flexibility index (Phi) is 4.50. The van der Waals surface area contributed by atoms with Crippen molar-refractivity contribution < 1.29 is 18.3 Å². The number of aromatic carboxylic acids is 1. The van der Waals surface area contributed by atoms with E-state index < -0.39 is 22.0 Å². The van der Waals surface area contributed by atoms with Gasteiger partial charge >= 0.3 is 5.97 Å². The number of sulfonamides is 1. The van der Waals surface area contributed by atoms with Crippen molar-refractivity contribution in [2.24, 2.45) is 0 Å². The van der Waals surface area contributed by atoms with Crippen molar-refractivity contribution in [3.05, 3.63) is 41.4 Å². The van der Waals surface area contributed by atoms with Gasteiger partial charge in [0.2, 0.25) is 10.0 Å². The predicted octanol–water partition coefficient (Wildman–Crippen LogP) is 1.89. The topological polar surface area (TPSA) is 83.5 Å². The summed E-state index contributed by atoms with van der Waals surface area (Å²) >= 11 is 5.71. The van der Waals surface area contributed by atoms with Gasteiger partial charge in [-0.25, -0.2) is 17.9 Å². The molecular weight excluding hydrogens is 278 g/mol. The molecule has 1 aromatic carbocycles. The summed E-state index contributed by atoms with van der Waals surface area (Å²) in [5.74, 6) is -1.21. The quantitative estimate of drug-likeness (QED) is 0.811. The zero-order chi connectivity index (χ0) is 13.9. The van der Waals surface area contributed by atoms with Gasteiger partial charge in [-0.1, -0.05) is 17.7 Å². The van der Waals surface area contributed by atoms with Gasteiger partial charge in [-0.2, -0.15) is 0 Å². The monoisotopic (exact) mass is 289 g/mol. The maximum Gasteiger partial charge on any atom is 0.337 e. The number of rotatable bonds is 5. The van der Waals surface area contributed by atoms with Crippen LogP contribution in [0, 0.1) is 0 Å². The summed E-state index contributed by atoms with van der Waals surface area (Å²) in [6.45, 7) is 5.09. The molecule has 18 heavy (non-hydrogen) atoms. The van der Waals surface area contributed by atoms with Crippen molar-refractivity contribution in [3.8, 4) is 0 Å². The molecular formula is C11H12ClNO4S. The van der Waals surface area contributed by atoms with Crippen LogP contribution >= 0.6 is 11.6 Å². The second-order valence-corrected chi connectivity index (χ2v) is 5.71. The minimum Gasteiger partial charge on any atom is -0.478 e. The Morgan fingerprint density at radius 1 is 1.56 bits per heavy atom. The van der Waals surface area contributed by atoms with Gasteiger partial charge < -0.3 is 5.11 Å². The van der Waals surface area contributed by atoms with E-state index in [9.17, 15) is 13.2 Å². The van der Waals surface area contributed by atoms with Crippen molar-refractivity contribution in [1.82, 2.24) is 4.72 Å². The van der Waals surface area contributed by atoms with Crippen molar-refractivity contribution in [2.75, 3.05) is 0 Å². The molecule has 98 valence electrons. The average molecular weight is 290 g/mol. The molecule has 1 rings (SSSR count). The van der Waals surface area contributed by atoms with E-state index in [1.165, 1.54) is 12.1 Å². The van der Waals surface area contributed by atoms with Crippen molar-refractivity contribution in [1.29, 1.82) is 0 Å². The fourth-order valence-electron chi connectivity index (χ4n) is 1.20. The van der Waals surface area contributed by atoms with E-state index in [1.807, 2.05) is 0 Å². The van der Waals surface area contributed by atoms with Crippen LogP contribution in [0.15, 0.2) is 35.7 Å². The van der Waals surface area contributed by atoms with Gasteiger partial charge in [0.15, 0.2) is 0 Å². The van der Waals surface area contributed by atoms with Gasteiger partial charge in [0, 0.05) is 6.04 Å². The van der Waals surface area contributed by atoms with Gasteiger partial charge in [0.05, 0.1) is 15.5 Å². The molecule has 0 radical (unpaired) electrons. The lowest BCUT2D eigenvalue weighted by Crippen LogP contribution is -2.31. The number of hydrogen-bond donors (Lipinski definition) is 2. The van der Waals surface area contributed by atoms with Crippen LogP contribution in [-0.4, -0.2) is 25.5 Å². The normalized spacial score (nSPS) is 13.0. The fraction of sp³-hybridized carbons (Fsp3) is 0.182. The number of nitrogens with one attached hydrogen (secondary N) is 1. The van der Waals surface area contributed by atoms with E-state index in [4.69, 9.17) is 16.7 Å². The summed E-state index contributed by atoms with van der Waals surface area (Å²) in [6.07, 6.45) is 1.44. The van der Waals surface area contributed by atoms with Crippen LogP contribution in [0.1, 0.15) is 17.3 Å². The van der Waals surface area contributed by atoms with Crippen LogP contribution < -0.4 is 4.72 Å². The summed E-state index contributed by atoms with van der Waals surface area (Å²) in [6, 6.07) is 3.00. The van der Waals surface area contributed by atoms with E-state index in [1.54, 1.807) is 6.92 Å². The van der Waals surface area contributed by atoms with E-state index in [2.05, 4.69) is 11.3 Å². The molecule has 0 saturated carbocycles. The van der Waals surface area contributed by atoms with Gasteiger partial charge in [0.25, 0.3) is 0 Å². The number of carbonyl (C=O) groups is 1. The zero-order valence-electron chi connectivity index (χ0n) is 9.55. The summed E-state index contributed by atoms with van der Waals surface area (Å²) in [5, 5.41) is 8.65. The maximum absolute atomic E-state index is 11.9. The van der Waals surface area contributed by atoms with Crippen molar-refractivity contribution >= 4 is 27.6 Å². The van der Waals surface area contributed by atoms with Gasteiger partial charge in [-0.05, 0) is 25.1 Å². The number of halogens is 1. The molecule has 0 aliphatic carbocycles. The first-order valence-corrected chi connectivity index (χ1v) is 6.82. The third-order valence-electron chi connectivity index (χ3n) is 2.18. The Balaban J connectivity index is 3.15. The van der Waals surface area contributed by atoms with Gasteiger partial charge in [-0.3, -0.25) is 0 Å². The molecule has 5 nitrogen and oxygen atoms in total. The summed E-state index contributed by atoms with van der Waals surface area (Å²) in [4.78, 5) is 10.7. The number of carboxylic acids is 1. The van der Waals surface area contributed by atoms with Crippen LogP contribution in [0.2, 0.25) is 5.02 Å². The van der Waals surface area contributed by atoms with Crippen LogP contribution in [-0.2, 0) is 10.0 Å². The Labute approximate surface area is 110 Å². The lowest BCUT2D eigenvalue weighted by Gasteiger charge is -2.11. The molecule has 0 heterocycles. The summed E-state index contributed by atoms with van der Waals surface area (Å²) in [5.41, 5.74) is -0.146. The molecule has 0 aliphatic rings. The highest BCUT2D eigenvalue weighted by atomic mass is 35.5. The molecule has 0 amide bonds. The molecule has 0 saturated heterocycles. The third kappa shape index (κ3) is 3.32. The third-order valence-corrected chi connectivity index (χ3v) is 4.05. The zero-order valence-corrected chi connectivity index (χ0v) is 11.1. The highest BCUT2D eigenvalue weighted by Crippen LogP contribution is 2.21. The van der Waals surface area contributed by atoms with Crippen LogP contribution in [0.3, 0.4) is 0 Å². The first kappa shape index (κ1) is 14.7. The smallest absolute Gasteiger partial charge is 0.337 e. The summed E-state index contributed by atoms with van der Waals surface area (Å²) in [7, 11) is -3.74. The first-order valence-electron chi connectivity index (χ1n) is 4.95. The second kappa shape index (κ2) is 5.51. The van der Waals surface area contributed by atoms with Gasteiger partial charge in [-0.15, -0.1) is 6.58 Å². The molecule has 1 unspecified atom stereocenters. The predicted molar refractivity (Wildman–Crippen MR) is 68.4 cm³/mol. The van der Waals surface area contributed by atoms with E-state index in [-0.39, 0.29) is 15.5 Å². The Hall–Kier alpha value is -1.37. The highest BCUT2D eigenvalue weighted by Gasteiger charge is 2.18. The average Bonchev–Trinajstić information content (AvgIpc) is 2.27. The Morgan fingerprint density at radius 3 is 2.61 bits per heavy atom. The van der Waals surface area contributed by atoms with Crippen LogP contribution in [0.4, 0.5) is 0 Å². The number of carboxylic acid groups (broad SMARTS) is 1. The lowest BCUT2D eigenvalue weighted by molar-refractivity contribution is 0.0697. The number of hydrogen-bond acceptors (Lipinski definition) is 3. The van der Waals surface area contributed by atoms with E-state index in [0.717, 1.165) is 12.1 Å². The van der Waals surface area contributed by atoms with Crippen molar-refractivity contribution in [3.63, 3.8) is 0 Å². The first-order chi connectivity index (χ1) is 8.27. The molecule has 1 aromatic rings. The van der Waals surface area contributed by atoms with Crippen LogP contribution in [0.5, 0.6) is 0 Å². The van der Waals surface area contributed by atoms with Crippen molar-refractivity contribution in [2.45, 2.75) is 17.9 Å². The van der Waals surface area contributed by atoms with E-state index >= 15 is 0 Å². The lowest BCUT2D eigenvalue weighted by atomic mass is 10.2. The minimum atomic E-state index is -3.74. The SMILES string of the molecule is C=CC(C)NS(=O)(=O)c1ccc(C(=O)O)c(Cl)c1. The molecule has 2 N–H and O–H groups in total. The highest BCUT2D eigenvalue weighted by molar-refractivity contribution is 7.89. The maximum atomic E-state index is 11.9. The summed E-state index contributed by atoms with van der Waals surface area (Å²) < 4.78 is 26.1. The molecule has 7 heteroatoms. The second-order valence-electron chi connectivity index (χ2n) is 3.59. The van der Waals surface area contributed by atoms with Crippen LogP contribution in [0.25, 0.3) is 0 Å².